The molecule has 4 rings (SSSR count). The highest BCUT2D eigenvalue weighted by Gasteiger charge is 2.20. The number of hydrogen-bond acceptors (Lipinski definition) is 7. The van der Waals surface area contributed by atoms with Gasteiger partial charge in [-0.3, -0.25) is 10.9 Å². The fourth-order valence-electron chi connectivity index (χ4n) is 3.68. The maximum absolute atomic E-state index is 5.37. The monoisotopic (exact) mass is 412 g/mol. The van der Waals surface area contributed by atoms with Gasteiger partial charge >= 0.3 is 0 Å². The van der Waals surface area contributed by atoms with E-state index in [1.165, 1.54) is 38.5 Å². The number of nitrogens with zero attached hydrogens (tertiary/aromatic N) is 5. The lowest BCUT2D eigenvalue weighted by molar-refractivity contribution is 0.556. The van der Waals surface area contributed by atoms with Gasteiger partial charge in [-0.2, -0.15) is 15.0 Å². The number of aromatic nitrogens is 3. The van der Waals surface area contributed by atoms with Gasteiger partial charge in [-0.1, -0.05) is 18.2 Å². The van der Waals surface area contributed by atoms with Crippen LogP contribution in [0.4, 0.5) is 23.5 Å². The van der Waals surface area contributed by atoms with E-state index in [2.05, 4.69) is 35.9 Å². The van der Waals surface area contributed by atoms with Crippen molar-refractivity contribution in [2.45, 2.75) is 38.5 Å². The molecule has 2 aromatic rings. The molecule has 2 fully saturated rings. The molecule has 0 aliphatic carbocycles. The lowest BCUT2D eigenvalue weighted by atomic mass is 10.1. The first kappa shape index (κ1) is 19.6. The van der Waals surface area contributed by atoms with Crippen LogP contribution in [0.2, 0.25) is 0 Å². The Kier molecular flexibility index (Phi) is 6.56. The molecule has 1 aromatic heterocycles. The quantitative estimate of drug-likeness (QED) is 0.507. The van der Waals surface area contributed by atoms with Crippen molar-refractivity contribution in [3.63, 3.8) is 0 Å². The summed E-state index contributed by atoms with van der Waals surface area (Å²) in [4.78, 5) is 18.6. The molecule has 0 unspecified atom stereocenters. The van der Waals surface area contributed by atoms with Gasteiger partial charge in [0, 0.05) is 31.9 Å². The van der Waals surface area contributed by atoms with E-state index in [1.807, 2.05) is 30.3 Å². The van der Waals surface area contributed by atoms with Gasteiger partial charge in [-0.15, -0.1) is 0 Å². The number of para-hydroxylation sites is 1. The summed E-state index contributed by atoms with van der Waals surface area (Å²) in [6.07, 6.45) is 7.25. The van der Waals surface area contributed by atoms with E-state index in [0.717, 1.165) is 43.8 Å². The molecule has 29 heavy (non-hydrogen) atoms. The minimum Gasteiger partial charge on any atom is -0.341 e. The van der Waals surface area contributed by atoms with Gasteiger partial charge in [0.15, 0.2) is 5.11 Å². The summed E-state index contributed by atoms with van der Waals surface area (Å²) >= 11 is 5.37. The van der Waals surface area contributed by atoms with E-state index in [-0.39, 0.29) is 0 Å². The van der Waals surface area contributed by atoms with E-state index in [0.29, 0.717) is 11.1 Å². The third-order valence-corrected chi connectivity index (χ3v) is 5.41. The highest BCUT2D eigenvalue weighted by atomic mass is 32.1. The van der Waals surface area contributed by atoms with Gasteiger partial charge in [-0.25, -0.2) is 0 Å². The average molecular weight is 413 g/mol. The summed E-state index contributed by atoms with van der Waals surface area (Å²) in [7, 11) is 0. The van der Waals surface area contributed by atoms with Gasteiger partial charge in [0.25, 0.3) is 0 Å². The number of benzene rings is 1. The van der Waals surface area contributed by atoms with Crippen LogP contribution in [0.3, 0.4) is 0 Å². The fraction of sp³-hybridized carbons (Fsp3) is 0.500. The molecule has 1 aromatic carbocycles. The van der Waals surface area contributed by atoms with Crippen molar-refractivity contribution in [2.75, 3.05) is 46.7 Å². The minimum absolute atomic E-state index is 0.454. The molecule has 0 radical (unpaired) electrons. The summed E-state index contributed by atoms with van der Waals surface area (Å²) in [5.74, 6) is 1.97. The molecule has 0 bridgehead atoms. The number of hydrazine groups is 1. The molecule has 154 valence electrons. The largest absolute Gasteiger partial charge is 0.341 e. The highest BCUT2D eigenvalue weighted by molar-refractivity contribution is 7.80. The minimum atomic E-state index is 0.454. The number of thiocarbonyl (C=S) groups is 1. The van der Waals surface area contributed by atoms with E-state index >= 15 is 0 Å². The number of hydrogen-bond donors (Lipinski definition) is 3. The lowest BCUT2D eigenvalue weighted by Gasteiger charge is -2.30. The van der Waals surface area contributed by atoms with Gasteiger partial charge in [0.2, 0.25) is 17.8 Å². The fourth-order valence-corrected chi connectivity index (χ4v) is 3.85. The normalized spacial score (nSPS) is 17.0. The molecule has 0 spiro atoms. The van der Waals surface area contributed by atoms with Crippen molar-refractivity contribution in [3.8, 4) is 0 Å². The predicted octanol–water partition coefficient (Wildman–Crippen LogP) is 3.17. The predicted molar refractivity (Wildman–Crippen MR) is 121 cm³/mol. The van der Waals surface area contributed by atoms with Crippen molar-refractivity contribution < 1.29 is 0 Å². The average Bonchev–Trinajstić information content (AvgIpc) is 2.79. The Morgan fingerprint density at radius 2 is 1.31 bits per heavy atom. The van der Waals surface area contributed by atoms with Crippen LogP contribution < -0.4 is 26.0 Å². The van der Waals surface area contributed by atoms with Crippen molar-refractivity contribution >= 4 is 40.9 Å². The van der Waals surface area contributed by atoms with Gasteiger partial charge in [0.1, 0.15) is 0 Å². The molecule has 2 aliphatic rings. The molecule has 3 heterocycles. The molecule has 2 saturated heterocycles. The van der Waals surface area contributed by atoms with E-state index < -0.39 is 0 Å². The summed E-state index contributed by atoms with van der Waals surface area (Å²) in [5.41, 5.74) is 6.96. The second-order valence-corrected chi connectivity index (χ2v) is 7.83. The Hall–Kier alpha value is -2.68. The maximum Gasteiger partial charge on any atom is 0.248 e. The molecule has 0 atom stereocenters. The molecule has 0 saturated carbocycles. The zero-order valence-corrected chi connectivity index (χ0v) is 17.4. The molecule has 8 nitrogen and oxygen atoms in total. The molecule has 0 amide bonds. The first-order valence-corrected chi connectivity index (χ1v) is 10.8. The van der Waals surface area contributed by atoms with E-state index in [9.17, 15) is 0 Å². The zero-order valence-electron chi connectivity index (χ0n) is 16.6. The number of rotatable bonds is 5. The van der Waals surface area contributed by atoms with Crippen molar-refractivity contribution in [1.29, 1.82) is 0 Å². The summed E-state index contributed by atoms with van der Waals surface area (Å²) in [6, 6.07) is 9.80. The standard InChI is InChI=1S/C20H28N8S/c29-20(21-16-10-4-1-5-11-16)26-25-17-22-18(27-12-6-2-7-13-27)24-19(23-17)28-14-8-3-9-15-28/h1,4-5,10-11H,2-3,6-9,12-15H2,(H2,21,26,29)(H,22,23,24,25). The second kappa shape index (κ2) is 9.69. The maximum atomic E-state index is 5.37. The van der Waals surface area contributed by atoms with Crippen LogP contribution in [-0.2, 0) is 0 Å². The first-order chi connectivity index (χ1) is 14.3. The molecule has 9 heteroatoms. The third kappa shape index (κ3) is 5.44. The molecular formula is C20H28N8S. The summed E-state index contributed by atoms with van der Waals surface area (Å²) in [5, 5.41) is 3.59. The Morgan fingerprint density at radius 3 is 1.86 bits per heavy atom. The third-order valence-electron chi connectivity index (χ3n) is 5.21. The van der Waals surface area contributed by atoms with Crippen molar-refractivity contribution in [3.05, 3.63) is 30.3 Å². The Labute approximate surface area is 177 Å². The number of nitrogens with one attached hydrogen (secondary N) is 3. The topological polar surface area (TPSA) is 81.2 Å². The summed E-state index contributed by atoms with van der Waals surface area (Å²) < 4.78 is 0. The Bertz CT molecular complexity index is 767. The van der Waals surface area contributed by atoms with Gasteiger partial charge in [0.05, 0.1) is 0 Å². The van der Waals surface area contributed by atoms with Crippen LogP contribution in [-0.4, -0.2) is 46.2 Å². The number of anilines is 4. The zero-order chi connectivity index (χ0) is 19.9. The first-order valence-electron chi connectivity index (χ1n) is 10.4. The van der Waals surface area contributed by atoms with Crippen LogP contribution in [0, 0.1) is 0 Å². The van der Waals surface area contributed by atoms with Crippen LogP contribution in [0.15, 0.2) is 30.3 Å². The highest BCUT2D eigenvalue weighted by Crippen LogP contribution is 2.22. The lowest BCUT2D eigenvalue weighted by Crippen LogP contribution is -2.37. The van der Waals surface area contributed by atoms with Gasteiger partial charge < -0.3 is 15.1 Å². The van der Waals surface area contributed by atoms with Gasteiger partial charge in [-0.05, 0) is 62.9 Å². The molecule has 2 aliphatic heterocycles. The second-order valence-electron chi connectivity index (χ2n) is 7.42. The van der Waals surface area contributed by atoms with E-state index in [1.54, 1.807) is 0 Å². The Balaban J connectivity index is 1.47. The van der Waals surface area contributed by atoms with E-state index in [4.69, 9.17) is 17.2 Å². The van der Waals surface area contributed by atoms with Crippen molar-refractivity contribution in [1.82, 2.24) is 20.4 Å². The van der Waals surface area contributed by atoms with Crippen LogP contribution in [0.1, 0.15) is 38.5 Å². The Morgan fingerprint density at radius 1 is 0.759 bits per heavy atom. The van der Waals surface area contributed by atoms with Crippen LogP contribution in [0.25, 0.3) is 0 Å². The molecule has 3 N–H and O–H groups in total. The summed E-state index contributed by atoms with van der Waals surface area (Å²) in [6.45, 7) is 3.96. The smallest absolute Gasteiger partial charge is 0.248 e. The van der Waals surface area contributed by atoms with Crippen LogP contribution >= 0.6 is 12.2 Å². The van der Waals surface area contributed by atoms with Crippen molar-refractivity contribution in [2.24, 2.45) is 0 Å². The molecular weight excluding hydrogens is 384 g/mol. The SMILES string of the molecule is S=C(NNc1nc(N2CCCCC2)nc(N2CCCCC2)n1)Nc1ccccc1. The number of piperidine rings is 2. The van der Waals surface area contributed by atoms with Crippen LogP contribution in [0.5, 0.6) is 0 Å².